The third kappa shape index (κ3) is 3.60. The standard InChI is InChI=1S/C16H21ClN2/c1-3-13(2)19-10-9-16(18-19)11-15(12-17)14-7-5-4-6-8-14/h4-10,13,15H,3,11-12H2,1-2H3. The average Bonchev–Trinajstić information content (AvgIpc) is 2.93. The highest BCUT2D eigenvalue weighted by atomic mass is 35.5. The van der Waals surface area contributed by atoms with E-state index >= 15 is 0 Å². The summed E-state index contributed by atoms with van der Waals surface area (Å²) >= 11 is 6.11. The zero-order valence-electron chi connectivity index (χ0n) is 11.6. The molecule has 0 saturated carbocycles. The van der Waals surface area contributed by atoms with Gasteiger partial charge < -0.3 is 0 Å². The first kappa shape index (κ1) is 14.1. The number of hydrogen-bond acceptors (Lipinski definition) is 1. The van der Waals surface area contributed by atoms with Gasteiger partial charge in [-0.25, -0.2) is 0 Å². The molecule has 2 unspecified atom stereocenters. The molecule has 0 bridgehead atoms. The molecule has 0 aliphatic carbocycles. The molecule has 2 nitrogen and oxygen atoms in total. The maximum atomic E-state index is 6.11. The predicted molar refractivity (Wildman–Crippen MR) is 80.8 cm³/mol. The Kier molecular flexibility index (Phi) is 5.03. The largest absolute Gasteiger partial charge is 0.270 e. The summed E-state index contributed by atoms with van der Waals surface area (Å²) in [6.45, 7) is 4.37. The van der Waals surface area contributed by atoms with Crippen LogP contribution in [0.2, 0.25) is 0 Å². The SMILES string of the molecule is CCC(C)n1ccc(CC(CCl)c2ccccc2)n1. The lowest BCUT2D eigenvalue weighted by Crippen LogP contribution is -2.08. The summed E-state index contributed by atoms with van der Waals surface area (Å²) in [5.41, 5.74) is 2.41. The fraction of sp³-hybridized carbons (Fsp3) is 0.438. The van der Waals surface area contributed by atoms with Gasteiger partial charge in [-0.15, -0.1) is 11.6 Å². The van der Waals surface area contributed by atoms with Crippen molar-refractivity contribution in [1.82, 2.24) is 9.78 Å². The van der Waals surface area contributed by atoms with E-state index in [4.69, 9.17) is 11.6 Å². The topological polar surface area (TPSA) is 17.8 Å². The Balaban J connectivity index is 2.09. The third-order valence-corrected chi connectivity index (χ3v) is 3.99. The maximum Gasteiger partial charge on any atom is 0.0631 e. The van der Waals surface area contributed by atoms with Crippen LogP contribution in [-0.2, 0) is 6.42 Å². The van der Waals surface area contributed by atoms with Crippen LogP contribution in [0.3, 0.4) is 0 Å². The summed E-state index contributed by atoms with van der Waals surface area (Å²) in [5, 5.41) is 4.65. The van der Waals surface area contributed by atoms with Gasteiger partial charge in [-0.1, -0.05) is 37.3 Å². The van der Waals surface area contributed by atoms with Gasteiger partial charge in [-0.05, 0) is 31.4 Å². The highest BCUT2D eigenvalue weighted by Crippen LogP contribution is 2.22. The molecule has 2 aromatic rings. The Morgan fingerprint density at radius 2 is 1.95 bits per heavy atom. The van der Waals surface area contributed by atoms with Crippen LogP contribution >= 0.6 is 11.6 Å². The minimum Gasteiger partial charge on any atom is -0.270 e. The number of halogens is 1. The highest BCUT2D eigenvalue weighted by Gasteiger charge is 2.13. The molecule has 0 saturated heterocycles. The molecule has 0 spiro atoms. The highest BCUT2D eigenvalue weighted by molar-refractivity contribution is 6.18. The van der Waals surface area contributed by atoms with E-state index in [-0.39, 0.29) is 0 Å². The van der Waals surface area contributed by atoms with Crippen molar-refractivity contribution in [2.45, 2.75) is 38.6 Å². The fourth-order valence-electron chi connectivity index (χ4n) is 2.16. The van der Waals surface area contributed by atoms with Gasteiger partial charge >= 0.3 is 0 Å². The van der Waals surface area contributed by atoms with Crippen LogP contribution in [0.25, 0.3) is 0 Å². The molecule has 2 rings (SSSR count). The van der Waals surface area contributed by atoms with Crippen LogP contribution in [0.4, 0.5) is 0 Å². The van der Waals surface area contributed by atoms with E-state index in [0.29, 0.717) is 17.8 Å². The molecule has 1 aromatic heterocycles. The second-order valence-corrected chi connectivity index (χ2v) is 5.32. The summed E-state index contributed by atoms with van der Waals surface area (Å²) in [5.74, 6) is 0.961. The van der Waals surface area contributed by atoms with Crippen molar-refractivity contribution >= 4 is 11.6 Å². The molecule has 0 aliphatic heterocycles. The van der Waals surface area contributed by atoms with Gasteiger partial charge in [0.05, 0.1) is 5.69 Å². The van der Waals surface area contributed by atoms with E-state index < -0.39 is 0 Å². The molecular weight excluding hydrogens is 256 g/mol. The van der Waals surface area contributed by atoms with Crippen LogP contribution in [-0.4, -0.2) is 15.7 Å². The van der Waals surface area contributed by atoms with Gasteiger partial charge in [-0.3, -0.25) is 4.68 Å². The molecule has 1 aromatic carbocycles. The first-order valence-corrected chi connectivity index (χ1v) is 7.43. The first-order chi connectivity index (χ1) is 9.24. The number of nitrogens with zero attached hydrogens (tertiary/aromatic N) is 2. The second-order valence-electron chi connectivity index (χ2n) is 5.01. The molecule has 3 heteroatoms. The first-order valence-electron chi connectivity index (χ1n) is 6.89. The predicted octanol–water partition coefficient (Wildman–Crippen LogP) is 4.42. The molecule has 0 aliphatic rings. The smallest absolute Gasteiger partial charge is 0.0631 e. The van der Waals surface area contributed by atoms with Gasteiger partial charge in [0.25, 0.3) is 0 Å². The van der Waals surface area contributed by atoms with Crippen molar-refractivity contribution in [3.63, 3.8) is 0 Å². The molecular formula is C16H21ClN2. The summed E-state index contributed by atoms with van der Waals surface area (Å²) in [4.78, 5) is 0. The number of rotatable bonds is 6. The number of aromatic nitrogens is 2. The summed E-state index contributed by atoms with van der Waals surface area (Å²) in [6.07, 6.45) is 4.06. The molecule has 0 amide bonds. The second kappa shape index (κ2) is 6.76. The lowest BCUT2D eigenvalue weighted by atomic mass is 9.96. The van der Waals surface area contributed by atoms with Crippen LogP contribution in [0, 0.1) is 0 Å². The Morgan fingerprint density at radius 3 is 2.58 bits per heavy atom. The quantitative estimate of drug-likeness (QED) is 0.714. The molecule has 0 fully saturated rings. The van der Waals surface area contributed by atoms with Crippen LogP contribution in [0.1, 0.15) is 43.5 Å². The zero-order valence-corrected chi connectivity index (χ0v) is 12.3. The molecule has 0 radical (unpaired) electrons. The fourth-order valence-corrected chi connectivity index (χ4v) is 2.45. The van der Waals surface area contributed by atoms with E-state index in [1.165, 1.54) is 5.56 Å². The number of alkyl halides is 1. The van der Waals surface area contributed by atoms with Crippen molar-refractivity contribution in [1.29, 1.82) is 0 Å². The van der Waals surface area contributed by atoms with Crippen molar-refractivity contribution in [2.75, 3.05) is 5.88 Å². The third-order valence-electron chi connectivity index (χ3n) is 3.62. The molecule has 1 heterocycles. The lowest BCUT2D eigenvalue weighted by molar-refractivity contribution is 0.472. The van der Waals surface area contributed by atoms with Crippen LogP contribution in [0.15, 0.2) is 42.6 Å². The normalized spacial score (nSPS) is 14.3. The van der Waals surface area contributed by atoms with Gasteiger partial charge in [0, 0.05) is 24.0 Å². The Morgan fingerprint density at radius 1 is 1.21 bits per heavy atom. The average molecular weight is 277 g/mol. The van der Waals surface area contributed by atoms with Crippen LogP contribution < -0.4 is 0 Å². The monoisotopic (exact) mass is 276 g/mol. The summed E-state index contributed by atoms with van der Waals surface area (Å²) in [7, 11) is 0. The van der Waals surface area contributed by atoms with Crippen molar-refractivity contribution in [3.8, 4) is 0 Å². The van der Waals surface area contributed by atoms with Crippen molar-refractivity contribution in [3.05, 3.63) is 53.9 Å². The van der Waals surface area contributed by atoms with Gasteiger partial charge in [0.1, 0.15) is 0 Å². The minimum absolute atomic E-state index is 0.336. The maximum absolute atomic E-state index is 6.11. The van der Waals surface area contributed by atoms with Crippen molar-refractivity contribution < 1.29 is 0 Å². The molecule has 0 N–H and O–H groups in total. The summed E-state index contributed by atoms with van der Waals surface area (Å²) in [6, 6.07) is 13.0. The van der Waals surface area contributed by atoms with Gasteiger partial charge in [-0.2, -0.15) is 5.10 Å². The lowest BCUT2D eigenvalue weighted by Gasteiger charge is -2.13. The van der Waals surface area contributed by atoms with Gasteiger partial charge in [0.2, 0.25) is 0 Å². The summed E-state index contributed by atoms with van der Waals surface area (Å²) < 4.78 is 2.05. The van der Waals surface area contributed by atoms with E-state index in [9.17, 15) is 0 Å². The van der Waals surface area contributed by atoms with Gasteiger partial charge in [0.15, 0.2) is 0 Å². The Bertz CT molecular complexity index is 492. The molecule has 19 heavy (non-hydrogen) atoms. The zero-order chi connectivity index (χ0) is 13.7. The van der Waals surface area contributed by atoms with Crippen molar-refractivity contribution in [2.24, 2.45) is 0 Å². The number of hydrogen-bond donors (Lipinski definition) is 0. The van der Waals surface area contributed by atoms with E-state index in [1.54, 1.807) is 0 Å². The molecule has 102 valence electrons. The van der Waals surface area contributed by atoms with Crippen LogP contribution in [0.5, 0.6) is 0 Å². The van der Waals surface area contributed by atoms with E-state index in [1.807, 2.05) is 10.7 Å². The number of benzene rings is 1. The Labute approximate surface area is 120 Å². The molecule has 2 atom stereocenters. The van der Waals surface area contributed by atoms with E-state index in [0.717, 1.165) is 18.5 Å². The minimum atomic E-state index is 0.336. The van der Waals surface area contributed by atoms with E-state index in [2.05, 4.69) is 55.5 Å². The Hall–Kier alpha value is -1.28.